The van der Waals surface area contributed by atoms with Crippen LogP contribution in [0.25, 0.3) is 0 Å². The van der Waals surface area contributed by atoms with Crippen LogP contribution in [0.2, 0.25) is 0 Å². The molecule has 0 amide bonds. The van der Waals surface area contributed by atoms with Gasteiger partial charge in [-0.3, -0.25) is 4.99 Å². The Labute approximate surface area is 166 Å². The lowest BCUT2D eigenvalue weighted by molar-refractivity contribution is 0.404. The molecule has 2 N–H and O–H groups in total. The Hall–Kier alpha value is -1.70. The van der Waals surface area contributed by atoms with E-state index in [2.05, 4.69) is 52.4 Å². The highest BCUT2D eigenvalue weighted by molar-refractivity contribution is 14.0. The van der Waals surface area contributed by atoms with E-state index >= 15 is 0 Å². The van der Waals surface area contributed by atoms with Gasteiger partial charge in [-0.05, 0) is 24.6 Å². The highest BCUT2D eigenvalue weighted by atomic mass is 127. The van der Waals surface area contributed by atoms with Crippen LogP contribution in [-0.2, 0) is 12.0 Å². The van der Waals surface area contributed by atoms with Gasteiger partial charge in [0, 0.05) is 43.0 Å². The van der Waals surface area contributed by atoms with Gasteiger partial charge in [0.05, 0.1) is 13.7 Å². The van der Waals surface area contributed by atoms with Crippen molar-refractivity contribution in [1.29, 1.82) is 0 Å². The van der Waals surface area contributed by atoms with E-state index in [0.717, 1.165) is 24.7 Å². The number of hydrogen-bond acceptors (Lipinski definition) is 2. The molecule has 2 unspecified atom stereocenters. The molecule has 2 aromatic rings. The maximum Gasteiger partial charge on any atom is 0.193 e. The van der Waals surface area contributed by atoms with E-state index in [1.54, 1.807) is 7.11 Å². The minimum Gasteiger partial charge on any atom is -0.496 e. The summed E-state index contributed by atoms with van der Waals surface area (Å²) in [6.45, 7) is 3.07. The number of rotatable bonds is 5. The molecule has 0 bridgehead atoms. The number of ether oxygens (including phenoxy) is 1. The molecule has 1 fully saturated rings. The zero-order valence-electron chi connectivity index (χ0n) is 15.2. The lowest BCUT2D eigenvalue weighted by atomic mass is 9.96. The lowest BCUT2D eigenvalue weighted by Crippen LogP contribution is -2.41. The Morgan fingerprint density at radius 1 is 1.36 bits per heavy atom. The summed E-state index contributed by atoms with van der Waals surface area (Å²) in [7, 11) is 5.62. The van der Waals surface area contributed by atoms with Crippen molar-refractivity contribution in [2.75, 3.05) is 21.2 Å². The van der Waals surface area contributed by atoms with Gasteiger partial charge in [0.25, 0.3) is 0 Å². The van der Waals surface area contributed by atoms with Gasteiger partial charge in [0.1, 0.15) is 5.75 Å². The first kappa shape index (κ1) is 19.6. The first-order chi connectivity index (χ1) is 11.6. The number of nitrogens with one attached hydrogen (secondary N) is 2. The Balaban J connectivity index is 0.00000225. The van der Waals surface area contributed by atoms with Crippen LogP contribution in [0.3, 0.4) is 0 Å². The van der Waals surface area contributed by atoms with E-state index in [0.29, 0.717) is 6.04 Å². The second kappa shape index (κ2) is 8.12. The first-order valence-corrected chi connectivity index (χ1v) is 8.28. The van der Waals surface area contributed by atoms with Crippen LogP contribution in [0.4, 0.5) is 0 Å². The molecule has 2 atom stereocenters. The third-order valence-electron chi connectivity index (χ3n) is 4.91. The van der Waals surface area contributed by atoms with Crippen molar-refractivity contribution in [3.05, 3.63) is 53.9 Å². The van der Waals surface area contributed by atoms with Crippen molar-refractivity contribution >= 4 is 29.9 Å². The summed E-state index contributed by atoms with van der Waals surface area (Å²) < 4.78 is 5.54. The van der Waals surface area contributed by atoms with Gasteiger partial charge in [0.15, 0.2) is 5.96 Å². The van der Waals surface area contributed by atoms with E-state index in [1.807, 2.05) is 31.4 Å². The molecule has 0 aliphatic heterocycles. The summed E-state index contributed by atoms with van der Waals surface area (Å²) in [5, 5.41) is 3.60. The number of halogens is 1. The van der Waals surface area contributed by atoms with Crippen LogP contribution in [0.15, 0.2) is 47.6 Å². The Kier molecular flexibility index (Phi) is 6.37. The fraction of sp³-hybridized carbons (Fsp3) is 0.421. The Morgan fingerprint density at radius 3 is 2.76 bits per heavy atom. The topological polar surface area (TPSA) is 52.7 Å². The molecular weight excluding hydrogens is 427 g/mol. The number of H-pyrrole nitrogens is 1. The number of para-hydroxylation sites is 1. The van der Waals surface area contributed by atoms with Crippen LogP contribution < -0.4 is 10.1 Å². The van der Waals surface area contributed by atoms with Crippen LogP contribution in [0.5, 0.6) is 5.75 Å². The summed E-state index contributed by atoms with van der Waals surface area (Å²) >= 11 is 0. The number of aromatic amines is 1. The molecule has 1 aliphatic carbocycles. The van der Waals surface area contributed by atoms with Crippen LogP contribution in [0, 0.1) is 0 Å². The van der Waals surface area contributed by atoms with Crippen LogP contribution in [0.1, 0.15) is 24.6 Å². The van der Waals surface area contributed by atoms with Gasteiger partial charge in [-0.2, -0.15) is 0 Å². The van der Waals surface area contributed by atoms with E-state index < -0.39 is 0 Å². The molecule has 1 aromatic carbocycles. The zero-order valence-corrected chi connectivity index (χ0v) is 17.6. The monoisotopic (exact) mass is 454 g/mol. The van der Waals surface area contributed by atoms with Gasteiger partial charge < -0.3 is 19.9 Å². The number of nitrogens with zero attached hydrogens (tertiary/aromatic N) is 2. The molecule has 0 saturated heterocycles. The fourth-order valence-electron chi connectivity index (χ4n) is 3.29. The van der Waals surface area contributed by atoms with Crippen molar-refractivity contribution < 1.29 is 4.74 Å². The van der Waals surface area contributed by atoms with Gasteiger partial charge >= 0.3 is 0 Å². The number of methoxy groups -OCH3 is 1. The largest absolute Gasteiger partial charge is 0.496 e. The second-order valence-corrected chi connectivity index (χ2v) is 6.62. The normalized spacial score (nSPS) is 22.1. The maximum atomic E-state index is 5.54. The molecule has 25 heavy (non-hydrogen) atoms. The zero-order chi connectivity index (χ0) is 17.2. The summed E-state index contributed by atoms with van der Waals surface area (Å²) in [4.78, 5) is 9.80. The Bertz CT molecular complexity index is 716. The van der Waals surface area contributed by atoms with Gasteiger partial charge in [-0.1, -0.05) is 25.1 Å². The van der Waals surface area contributed by atoms with Crippen LogP contribution in [-0.4, -0.2) is 43.1 Å². The molecule has 3 rings (SSSR count). The standard InChI is InChI=1S/C19H26N4O.HI/c1-19(15-9-5-6-10-16(15)24-4)12-17(19)22-18(20-2)23(3)13-14-8-7-11-21-14;/h5-11,17,21H,12-13H2,1-4H3,(H,20,22);1H. The van der Waals surface area contributed by atoms with Gasteiger partial charge in [-0.25, -0.2) is 0 Å². The number of benzene rings is 1. The molecule has 136 valence electrons. The third-order valence-corrected chi connectivity index (χ3v) is 4.91. The smallest absolute Gasteiger partial charge is 0.193 e. The highest BCUT2D eigenvalue weighted by Crippen LogP contribution is 2.51. The number of aromatic nitrogens is 1. The SMILES string of the molecule is CN=C(NC1CC1(C)c1ccccc1OC)N(C)Cc1ccc[nH]1.I. The minimum absolute atomic E-state index is 0. The van der Waals surface area contributed by atoms with Crippen LogP contribution >= 0.6 is 24.0 Å². The van der Waals surface area contributed by atoms with E-state index in [4.69, 9.17) is 4.74 Å². The quantitative estimate of drug-likeness (QED) is 0.414. The average molecular weight is 454 g/mol. The van der Waals surface area contributed by atoms with Crippen molar-refractivity contribution in [1.82, 2.24) is 15.2 Å². The van der Waals surface area contributed by atoms with Crippen molar-refractivity contribution in [3.63, 3.8) is 0 Å². The second-order valence-electron chi connectivity index (χ2n) is 6.62. The first-order valence-electron chi connectivity index (χ1n) is 8.28. The maximum absolute atomic E-state index is 5.54. The average Bonchev–Trinajstić information content (AvgIpc) is 2.99. The number of guanidine groups is 1. The summed E-state index contributed by atoms with van der Waals surface area (Å²) in [6, 6.07) is 12.7. The lowest BCUT2D eigenvalue weighted by Gasteiger charge is -2.23. The molecule has 1 aromatic heterocycles. The molecular formula is C19H27IN4O. The van der Waals surface area contributed by atoms with E-state index in [9.17, 15) is 0 Å². The third kappa shape index (κ3) is 4.11. The number of hydrogen-bond donors (Lipinski definition) is 2. The minimum atomic E-state index is 0. The molecule has 0 radical (unpaired) electrons. The molecule has 0 spiro atoms. The molecule has 1 saturated carbocycles. The van der Waals surface area contributed by atoms with Gasteiger partial charge in [0.2, 0.25) is 0 Å². The fourth-order valence-corrected chi connectivity index (χ4v) is 3.29. The Morgan fingerprint density at radius 2 is 2.12 bits per heavy atom. The summed E-state index contributed by atoms with van der Waals surface area (Å²) in [6.07, 6.45) is 3.02. The van der Waals surface area contributed by atoms with Crippen molar-refractivity contribution in [2.24, 2.45) is 4.99 Å². The molecule has 6 heteroatoms. The molecule has 1 aliphatic rings. The van der Waals surface area contributed by atoms with Crippen molar-refractivity contribution in [2.45, 2.75) is 31.3 Å². The van der Waals surface area contributed by atoms with E-state index in [-0.39, 0.29) is 29.4 Å². The molecule has 5 nitrogen and oxygen atoms in total. The van der Waals surface area contributed by atoms with Crippen molar-refractivity contribution in [3.8, 4) is 5.75 Å². The highest BCUT2D eigenvalue weighted by Gasteiger charge is 2.53. The predicted octanol–water partition coefficient (Wildman–Crippen LogP) is 3.38. The number of aliphatic imine (C=N–C) groups is 1. The summed E-state index contributed by atoms with van der Waals surface area (Å²) in [5.74, 6) is 1.87. The van der Waals surface area contributed by atoms with Gasteiger partial charge in [-0.15, -0.1) is 24.0 Å². The predicted molar refractivity (Wildman–Crippen MR) is 113 cm³/mol. The van der Waals surface area contributed by atoms with E-state index in [1.165, 1.54) is 11.3 Å². The summed E-state index contributed by atoms with van der Waals surface area (Å²) in [5.41, 5.74) is 2.51. The molecule has 1 heterocycles.